The SMILES string of the molecule is Cc1ccc(S(=O)(=O)N2CC[NH+]([C@H](C)C(=O)NC(=O)NC(C)C)CC2)cc1C. The van der Waals surface area contributed by atoms with Crippen molar-refractivity contribution >= 4 is 22.0 Å². The fraction of sp³-hybridized carbons (Fsp3) is 0.579. The minimum Gasteiger partial charge on any atom is -0.336 e. The molecule has 1 fully saturated rings. The number of carbonyl (C=O) groups excluding carboxylic acids is 2. The van der Waals surface area contributed by atoms with E-state index >= 15 is 0 Å². The van der Waals surface area contributed by atoms with Crippen LogP contribution in [-0.4, -0.2) is 62.9 Å². The van der Waals surface area contributed by atoms with Crippen LogP contribution >= 0.6 is 0 Å². The van der Waals surface area contributed by atoms with E-state index in [9.17, 15) is 18.0 Å². The molecule has 0 unspecified atom stereocenters. The van der Waals surface area contributed by atoms with Gasteiger partial charge in [-0.2, -0.15) is 4.31 Å². The van der Waals surface area contributed by atoms with Gasteiger partial charge in [-0.05, 0) is 57.9 Å². The fourth-order valence-electron chi connectivity index (χ4n) is 3.17. The van der Waals surface area contributed by atoms with Crippen LogP contribution in [0.25, 0.3) is 0 Å². The topological polar surface area (TPSA) is 100 Å². The van der Waals surface area contributed by atoms with Crippen LogP contribution in [0.15, 0.2) is 23.1 Å². The van der Waals surface area contributed by atoms with Crippen LogP contribution in [0.5, 0.6) is 0 Å². The van der Waals surface area contributed by atoms with Crippen molar-refractivity contribution in [3.8, 4) is 0 Å². The Morgan fingerprint density at radius 1 is 1.07 bits per heavy atom. The molecule has 156 valence electrons. The van der Waals surface area contributed by atoms with Gasteiger partial charge in [-0.1, -0.05) is 6.07 Å². The Labute approximate surface area is 167 Å². The Balaban J connectivity index is 1.96. The lowest BCUT2D eigenvalue weighted by Gasteiger charge is -2.34. The summed E-state index contributed by atoms with van der Waals surface area (Å²) in [6, 6.07) is 4.15. The van der Waals surface area contributed by atoms with Crippen molar-refractivity contribution < 1.29 is 22.9 Å². The molecule has 9 heteroatoms. The Morgan fingerprint density at radius 2 is 1.68 bits per heavy atom. The number of sulfonamides is 1. The van der Waals surface area contributed by atoms with E-state index in [2.05, 4.69) is 10.6 Å². The Morgan fingerprint density at radius 3 is 2.21 bits per heavy atom. The number of hydrogen-bond donors (Lipinski definition) is 3. The molecule has 1 aliphatic heterocycles. The van der Waals surface area contributed by atoms with Crippen LogP contribution < -0.4 is 15.5 Å². The van der Waals surface area contributed by atoms with Crippen molar-refractivity contribution in [2.24, 2.45) is 0 Å². The smallest absolute Gasteiger partial charge is 0.321 e. The van der Waals surface area contributed by atoms with Crippen molar-refractivity contribution in [2.75, 3.05) is 26.2 Å². The van der Waals surface area contributed by atoms with Crippen molar-refractivity contribution in [1.82, 2.24) is 14.9 Å². The van der Waals surface area contributed by atoms with E-state index in [1.54, 1.807) is 19.1 Å². The van der Waals surface area contributed by atoms with E-state index in [0.29, 0.717) is 31.1 Å². The van der Waals surface area contributed by atoms with Gasteiger partial charge in [0, 0.05) is 6.04 Å². The molecule has 0 saturated carbocycles. The number of quaternary nitrogens is 1. The van der Waals surface area contributed by atoms with Crippen LogP contribution in [0.4, 0.5) is 4.79 Å². The summed E-state index contributed by atoms with van der Waals surface area (Å²) in [7, 11) is -3.55. The van der Waals surface area contributed by atoms with Gasteiger partial charge < -0.3 is 10.2 Å². The molecule has 1 aromatic carbocycles. The number of aryl methyl sites for hydroxylation is 2. The second-order valence-corrected chi connectivity index (χ2v) is 9.59. The van der Waals surface area contributed by atoms with Gasteiger partial charge in [0.1, 0.15) is 0 Å². The molecule has 0 aromatic heterocycles. The van der Waals surface area contributed by atoms with Gasteiger partial charge in [0.15, 0.2) is 6.04 Å². The lowest BCUT2D eigenvalue weighted by atomic mass is 10.1. The predicted molar refractivity (Wildman–Crippen MR) is 107 cm³/mol. The third-order valence-corrected chi connectivity index (χ3v) is 7.04. The van der Waals surface area contributed by atoms with E-state index in [0.717, 1.165) is 16.0 Å². The molecule has 1 heterocycles. The van der Waals surface area contributed by atoms with Crippen LogP contribution in [-0.2, 0) is 14.8 Å². The Kier molecular flexibility index (Phi) is 7.19. The lowest BCUT2D eigenvalue weighted by molar-refractivity contribution is -0.917. The molecular weight excluding hydrogens is 380 g/mol. The predicted octanol–water partition coefficient (Wildman–Crippen LogP) is -0.185. The average molecular weight is 412 g/mol. The van der Waals surface area contributed by atoms with Crippen LogP contribution in [0.1, 0.15) is 31.9 Å². The van der Waals surface area contributed by atoms with Gasteiger partial charge in [-0.25, -0.2) is 13.2 Å². The average Bonchev–Trinajstić information content (AvgIpc) is 2.62. The number of carbonyl (C=O) groups is 2. The molecule has 1 aromatic rings. The number of hydrogen-bond acceptors (Lipinski definition) is 4. The van der Waals surface area contributed by atoms with Crippen molar-refractivity contribution in [3.05, 3.63) is 29.3 Å². The first-order chi connectivity index (χ1) is 13.0. The monoisotopic (exact) mass is 411 g/mol. The highest BCUT2D eigenvalue weighted by atomic mass is 32.2. The Bertz CT molecular complexity index is 830. The van der Waals surface area contributed by atoms with E-state index in [1.165, 1.54) is 4.31 Å². The third-order valence-electron chi connectivity index (χ3n) is 5.14. The number of nitrogens with zero attached hydrogens (tertiary/aromatic N) is 1. The van der Waals surface area contributed by atoms with Crippen molar-refractivity contribution in [1.29, 1.82) is 0 Å². The van der Waals surface area contributed by atoms with Crippen molar-refractivity contribution in [2.45, 2.75) is 51.6 Å². The molecular formula is C19H31N4O4S+. The number of imide groups is 1. The summed E-state index contributed by atoms with van der Waals surface area (Å²) in [6.07, 6.45) is 0. The first-order valence-corrected chi connectivity index (χ1v) is 11.0. The molecule has 0 radical (unpaired) electrons. The summed E-state index contributed by atoms with van der Waals surface area (Å²) in [5, 5.41) is 4.96. The maximum atomic E-state index is 12.9. The molecule has 3 amide bonds. The Hall–Kier alpha value is -1.97. The molecule has 1 saturated heterocycles. The number of piperazine rings is 1. The second-order valence-electron chi connectivity index (χ2n) is 7.65. The quantitative estimate of drug-likeness (QED) is 0.626. The maximum absolute atomic E-state index is 12.9. The first kappa shape index (κ1) is 22.3. The van der Waals surface area contributed by atoms with Gasteiger partial charge in [0.2, 0.25) is 10.0 Å². The summed E-state index contributed by atoms with van der Waals surface area (Å²) >= 11 is 0. The molecule has 0 spiro atoms. The minimum absolute atomic E-state index is 0.0605. The van der Waals surface area contributed by atoms with Gasteiger partial charge in [0.25, 0.3) is 5.91 Å². The van der Waals surface area contributed by atoms with E-state index in [1.807, 2.05) is 33.8 Å². The highest BCUT2D eigenvalue weighted by molar-refractivity contribution is 7.89. The number of amides is 3. The molecule has 0 bridgehead atoms. The zero-order valence-corrected chi connectivity index (χ0v) is 18.0. The third kappa shape index (κ3) is 5.30. The van der Waals surface area contributed by atoms with Gasteiger partial charge in [0.05, 0.1) is 31.1 Å². The number of urea groups is 1. The standard InChI is InChI=1S/C19H30N4O4S/c1-13(2)20-19(25)21-18(24)16(5)22-8-10-23(11-9-22)28(26,27)17-7-6-14(3)15(4)12-17/h6-7,12-13,16H,8-11H2,1-5H3,(H2,20,21,24,25)/p+1/t16-/m1/s1. The van der Waals surface area contributed by atoms with Crippen LogP contribution in [0, 0.1) is 13.8 Å². The van der Waals surface area contributed by atoms with E-state index in [4.69, 9.17) is 0 Å². The molecule has 2 rings (SSSR count). The highest BCUT2D eigenvalue weighted by Crippen LogP contribution is 2.19. The van der Waals surface area contributed by atoms with E-state index in [-0.39, 0.29) is 11.9 Å². The molecule has 28 heavy (non-hydrogen) atoms. The van der Waals surface area contributed by atoms with Gasteiger partial charge >= 0.3 is 6.03 Å². The zero-order valence-electron chi connectivity index (χ0n) is 17.2. The number of benzene rings is 1. The summed E-state index contributed by atoms with van der Waals surface area (Å²) in [5.41, 5.74) is 1.99. The zero-order chi connectivity index (χ0) is 21.1. The minimum atomic E-state index is -3.55. The fourth-order valence-corrected chi connectivity index (χ4v) is 4.70. The van der Waals surface area contributed by atoms with Gasteiger partial charge in [-0.3, -0.25) is 10.1 Å². The molecule has 0 aliphatic carbocycles. The second kappa shape index (κ2) is 9.02. The van der Waals surface area contributed by atoms with Crippen LogP contribution in [0.2, 0.25) is 0 Å². The summed E-state index contributed by atoms with van der Waals surface area (Å²) in [6.45, 7) is 10.9. The number of nitrogens with one attached hydrogen (secondary N) is 3. The summed E-state index contributed by atoms with van der Waals surface area (Å²) in [4.78, 5) is 25.2. The van der Waals surface area contributed by atoms with Crippen LogP contribution in [0.3, 0.4) is 0 Å². The molecule has 1 aliphatic rings. The number of rotatable bonds is 5. The summed E-state index contributed by atoms with van der Waals surface area (Å²) < 4.78 is 27.3. The largest absolute Gasteiger partial charge is 0.336 e. The first-order valence-electron chi connectivity index (χ1n) is 9.55. The van der Waals surface area contributed by atoms with Gasteiger partial charge in [-0.15, -0.1) is 0 Å². The highest BCUT2D eigenvalue weighted by Gasteiger charge is 2.35. The van der Waals surface area contributed by atoms with E-state index < -0.39 is 22.1 Å². The summed E-state index contributed by atoms with van der Waals surface area (Å²) in [5.74, 6) is -0.362. The van der Waals surface area contributed by atoms with Crippen molar-refractivity contribution in [3.63, 3.8) is 0 Å². The maximum Gasteiger partial charge on any atom is 0.321 e. The normalized spacial score (nSPS) is 17.4. The molecule has 1 atom stereocenters. The molecule has 8 nitrogen and oxygen atoms in total. The molecule has 3 N–H and O–H groups in total. The lowest BCUT2D eigenvalue weighted by Crippen LogP contribution is -3.19.